The van der Waals surface area contributed by atoms with Crippen molar-refractivity contribution < 1.29 is 0 Å². The quantitative estimate of drug-likeness (QED) is 0.173. The molecule has 0 atom stereocenters. The first-order valence-corrected chi connectivity index (χ1v) is 25.0. The summed E-state index contributed by atoms with van der Waals surface area (Å²) >= 11 is 0. The predicted octanol–water partition coefficient (Wildman–Crippen LogP) is 17.7. The maximum absolute atomic E-state index is 5.54. The second-order valence-corrected chi connectivity index (χ2v) is 19.3. The van der Waals surface area contributed by atoms with E-state index in [4.69, 9.17) is 9.97 Å². The Morgan fingerprint density at radius 3 is 1.56 bits per heavy atom. The minimum atomic E-state index is 0.835. The maximum Gasteiger partial charge on any atom is 0.0974 e. The standard InChI is InChI=1S/C68H41N5/c1-2-18-48(19-3-1)71-60-27-13-8-22-52(60)55-34-32-45(39-64(55)71)66-67(70-59-26-12-11-25-58(59)69-66)47-36-44-17-5-6-20-50(44)63(41-47)73-62-29-15-10-24-54(62)57-38-43-30-33-49(37-46(43)40-65(57)73)72-61-28-14-9-23-53(61)56-35-31-42-16-4-7-21-51(42)68(56)72/h1-41H. The maximum atomic E-state index is 5.54. The summed E-state index contributed by atoms with van der Waals surface area (Å²) in [5, 5.41) is 14.5. The smallest absolute Gasteiger partial charge is 0.0974 e. The summed E-state index contributed by atoms with van der Waals surface area (Å²) in [6.45, 7) is 0. The van der Waals surface area contributed by atoms with Crippen molar-refractivity contribution in [3.05, 3.63) is 249 Å². The van der Waals surface area contributed by atoms with E-state index in [-0.39, 0.29) is 0 Å². The molecule has 4 aromatic heterocycles. The highest BCUT2D eigenvalue weighted by Crippen LogP contribution is 2.43. The van der Waals surface area contributed by atoms with E-state index in [2.05, 4.69) is 250 Å². The second kappa shape index (κ2) is 15.3. The van der Waals surface area contributed by atoms with Crippen LogP contribution in [0.1, 0.15) is 0 Å². The van der Waals surface area contributed by atoms with Gasteiger partial charge in [-0.3, -0.25) is 0 Å². The minimum absolute atomic E-state index is 0.835. The molecule has 0 spiro atoms. The Morgan fingerprint density at radius 2 is 0.795 bits per heavy atom. The number of nitrogens with zero attached hydrogens (tertiary/aromatic N) is 5. The molecule has 0 radical (unpaired) electrons. The van der Waals surface area contributed by atoms with Gasteiger partial charge in [-0.1, -0.05) is 164 Å². The molecular weight excluding hydrogens is 887 g/mol. The van der Waals surface area contributed by atoms with Gasteiger partial charge in [0.1, 0.15) is 0 Å². The zero-order valence-electron chi connectivity index (χ0n) is 39.4. The Bertz CT molecular complexity index is 4980. The number of fused-ring (bicyclic) bond motifs is 14. The Morgan fingerprint density at radius 1 is 0.247 bits per heavy atom. The van der Waals surface area contributed by atoms with Gasteiger partial charge in [-0.15, -0.1) is 0 Å². The molecule has 5 heteroatoms. The van der Waals surface area contributed by atoms with Crippen molar-refractivity contribution in [1.29, 1.82) is 0 Å². The third-order valence-electron chi connectivity index (χ3n) is 15.3. The van der Waals surface area contributed by atoms with Gasteiger partial charge in [-0.25, -0.2) is 9.97 Å². The van der Waals surface area contributed by atoms with E-state index < -0.39 is 0 Å². The molecule has 0 saturated carbocycles. The van der Waals surface area contributed by atoms with Crippen molar-refractivity contribution in [2.24, 2.45) is 0 Å². The molecule has 4 heterocycles. The fraction of sp³-hybridized carbons (Fsp3) is 0. The molecule has 0 aliphatic rings. The van der Waals surface area contributed by atoms with Crippen molar-refractivity contribution in [3.63, 3.8) is 0 Å². The number of aromatic nitrogens is 5. The Kier molecular flexibility index (Phi) is 8.39. The zero-order valence-corrected chi connectivity index (χ0v) is 39.4. The highest BCUT2D eigenvalue weighted by atomic mass is 15.0. The minimum Gasteiger partial charge on any atom is -0.309 e. The van der Waals surface area contributed by atoms with Crippen molar-refractivity contribution in [2.45, 2.75) is 0 Å². The van der Waals surface area contributed by atoms with Gasteiger partial charge >= 0.3 is 0 Å². The summed E-state index contributed by atoms with van der Waals surface area (Å²) in [4.78, 5) is 11.0. The summed E-state index contributed by atoms with van der Waals surface area (Å²) in [7, 11) is 0. The highest BCUT2D eigenvalue weighted by Gasteiger charge is 2.22. The van der Waals surface area contributed by atoms with Crippen LogP contribution in [0.5, 0.6) is 0 Å². The molecule has 0 fully saturated rings. The van der Waals surface area contributed by atoms with E-state index in [1.54, 1.807) is 0 Å². The monoisotopic (exact) mass is 927 g/mol. The molecule has 12 aromatic carbocycles. The lowest BCUT2D eigenvalue weighted by Crippen LogP contribution is -2.00. The van der Waals surface area contributed by atoms with Crippen LogP contribution < -0.4 is 0 Å². The summed E-state index contributed by atoms with van der Waals surface area (Å²) in [5.74, 6) is 0. The van der Waals surface area contributed by atoms with Gasteiger partial charge in [0.15, 0.2) is 0 Å². The molecule has 5 nitrogen and oxygen atoms in total. The molecular formula is C68H41N5. The topological polar surface area (TPSA) is 40.6 Å². The van der Waals surface area contributed by atoms with Crippen LogP contribution >= 0.6 is 0 Å². The first kappa shape index (κ1) is 39.9. The number of hydrogen-bond acceptors (Lipinski definition) is 2. The molecule has 338 valence electrons. The second-order valence-electron chi connectivity index (χ2n) is 19.3. The fourth-order valence-electron chi connectivity index (χ4n) is 12.1. The predicted molar refractivity (Wildman–Crippen MR) is 306 cm³/mol. The van der Waals surface area contributed by atoms with E-state index in [9.17, 15) is 0 Å². The van der Waals surface area contributed by atoms with Crippen LogP contribution in [0.4, 0.5) is 0 Å². The normalized spacial score (nSPS) is 12.1. The van der Waals surface area contributed by atoms with Crippen molar-refractivity contribution in [2.75, 3.05) is 0 Å². The van der Waals surface area contributed by atoms with E-state index in [0.29, 0.717) is 0 Å². The Labute approximate surface area is 418 Å². The molecule has 0 bridgehead atoms. The summed E-state index contributed by atoms with van der Waals surface area (Å²) in [6, 6.07) is 90.5. The first-order chi connectivity index (χ1) is 36.2. The largest absolute Gasteiger partial charge is 0.309 e. The summed E-state index contributed by atoms with van der Waals surface area (Å²) in [5.41, 5.74) is 15.7. The highest BCUT2D eigenvalue weighted by molar-refractivity contribution is 6.20. The molecule has 0 amide bonds. The third kappa shape index (κ3) is 5.91. The van der Waals surface area contributed by atoms with Gasteiger partial charge in [0.25, 0.3) is 0 Å². The van der Waals surface area contributed by atoms with E-state index in [1.807, 2.05) is 12.1 Å². The summed E-state index contributed by atoms with van der Waals surface area (Å²) < 4.78 is 7.32. The van der Waals surface area contributed by atoms with Crippen molar-refractivity contribution in [1.82, 2.24) is 23.7 Å². The number of hydrogen-bond donors (Lipinski definition) is 0. The lowest BCUT2D eigenvalue weighted by Gasteiger charge is -2.17. The zero-order chi connectivity index (χ0) is 47.7. The Hall–Kier alpha value is -9.84. The van der Waals surface area contributed by atoms with Crippen LogP contribution in [0.15, 0.2) is 249 Å². The molecule has 0 N–H and O–H groups in total. The van der Waals surface area contributed by atoms with Crippen LogP contribution in [0.2, 0.25) is 0 Å². The van der Waals surface area contributed by atoms with Gasteiger partial charge < -0.3 is 13.7 Å². The van der Waals surface area contributed by atoms with Crippen LogP contribution in [-0.2, 0) is 0 Å². The van der Waals surface area contributed by atoms with Crippen LogP contribution in [0.25, 0.3) is 148 Å². The van der Waals surface area contributed by atoms with Gasteiger partial charge in [0, 0.05) is 65.6 Å². The van der Waals surface area contributed by atoms with Crippen molar-refractivity contribution in [3.8, 4) is 39.6 Å². The third-order valence-corrected chi connectivity index (χ3v) is 15.3. The number of para-hydroxylation sites is 6. The summed E-state index contributed by atoms with van der Waals surface area (Å²) in [6.07, 6.45) is 0. The Balaban J connectivity index is 0.943. The SMILES string of the molecule is c1ccc(-n2c3ccccc3c3ccc(-c4nc5ccccc5nc4-c4cc(-n5c6ccccc6c6cc7ccc(-n8c9ccccc9c9ccc%10ccccc%10c98)cc7cc65)c5ccccc5c4)cc32)cc1. The van der Waals surface area contributed by atoms with Crippen molar-refractivity contribution >= 4 is 109 Å². The average Bonchev–Trinajstić information content (AvgIpc) is 4.09. The molecule has 0 aliphatic heterocycles. The lowest BCUT2D eigenvalue weighted by molar-refractivity contribution is 1.18. The molecule has 73 heavy (non-hydrogen) atoms. The van der Waals surface area contributed by atoms with E-state index >= 15 is 0 Å². The van der Waals surface area contributed by atoms with Gasteiger partial charge in [-0.2, -0.15) is 0 Å². The van der Waals surface area contributed by atoms with Gasteiger partial charge in [0.05, 0.1) is 61.2 Å². The van der Waals surface area contributed by atoms with Gasteiger partial charge in [0.2, 0.25) is 0 Å². The number of benzene rings is 12. The van der Waals surface area contributed by atoms with Crippen LogP contribution in [-0.4, -0.2) is 23.7 Å². The van der Waals surface area contributed by atoms with Crippen LogP contribution in [0, 0.1) is 0 Å². The molecule has 0 aliphatic carbocycles. The first-order valence-electron chi connectivity index (χ1n) is 25.0. The molecule has 0 saturated heterocycles. The van der Waals surface area contributed by atoms with E-state index in [1.165, 1.54) is 70.4 Å². The molecule has 0 unspecified atom stereocenters. The van der Waals surface area contributed by atoms with E-state index in [0.717, 1.165) is 77.9 Å². The lowest BCUT2D eigenvalue weighted by atomic mass is 9.98. The fourth-order valence-corrected chi connectivity index (χ4v) is 12.1. The molecule has 16 aromatic rings. The molecule has 16 rings (SSSR count). The number of rotatable bonds is 5. The van der Waals surface area contributed by atoms with Crippen LogP contribution in [0.3, 0.4) is 0 Å². The average molecular weight is 928 g/mol. The van der Waals surface area contributed by atoms with Gasteiger partial charge in [-0.05, 0) is 106 Å².